The van der Waals surface area contributed by atoms with Gasteiger partial charge in [0.05, 0.1) is 20.1 Å². The molecule has 1 aromatic heterocycles. The predicted octanol–water partition coefficient (Wildman–Crippen LogP) is 5.50. The summed E-state index contributed by atoms with van der Waals surface area (Å²) >= 11 is 0. The molecule has 0 saturated heterocycles. The van der Waals surface area contributed by atoms with Crippen LogP contribution < -0.4 is 24.7 Å². The van der Waals surface area contributed by atoms with E-state index in [1.807, 2.05) is 44.2 Å². The second kappa shape index (κ2) is 9.28. The van der Waals surface area contributed by atoms with Crippen molar-refractivity contribution in [3.05, 3.63) is 94.1 Å². The molecule has 5 rings (SSSR count). The topological polar surface area (TPSA) is 117 Å². The van der Waals surface area contributed by atoms with Crippen LogP contribution in [0.15, 0.2) is 70.5 Å². The number of hydrogen-bond acceptors (Lipinski definition) is 8. The molecule has 8 nitrogen and oxygen atoms in total. The zero-order chi connectivity index (χ0) is 26.3. The predicted molar refractivity (Wildman–Crippen MR) is 136 cm³/mol. The summed E-state index contributed by atoms with van der Waals surface area (Å²) in [5.41, 5.74) is 10.1. The van der Waals surface area contributed by atoms with Crippen molar-refractivity contribution in [3.63, 3.8) is 0 Å². The molecule has 2 heterocycles. The van der Waals surface area contributed by atoms with E-state index in [0.29, 0.717) is 39.5 Å². The monoisotopic (exact) mass is 496 g/mol. The number of furan rings is 1. The number of nitriles is 1. The summed E-state index contributed by atoms with van der Waals surface area (Å²) in [6.45, 7) is 3.79. The van der Waals surface area contributed by atoms with E-state index >= 15 is 0 Å². The summed E-state index contributed by atoms with van der Waals surface area (Å²) < 4.78 is 28.2. The average Bonchev–Trinajstić information content (AvgIpc) is 3.22. The molecule has 0 spiro atoms. The molecule has 3 aromatic carbocycles. The molecule has 1 unspecified atom stereocenters. The van der Waals surface area contributed by atoms with Crippen molar-refractivity contribution in [3.8, 4) is 29.1 Å². The third-order valence-corrected chi connectivity index (χ3v) is 6.42. The Labute approximate surface area is 213 Å². The smallest absolute Gasteiger partial charge is 0.379 e. The van der Waals surface area contributed by atoms with E-state index < -0.39 is 11.9 Å². The minimum absolute atomic E-state index is 0.0446. The molecular weight excluding hydrogens is 472 g/mol. The summed E-state index contributed by atoms with van der Waals surface area (Å²) in [5.74, 6) is 0.471. The van der Waals surface area contributed by atoms with Gasteiger partial charge in [0.15, 0.2) is 11.5 Å². The normalized spacial score (nSPS) is 14.5. The molecule has 2 N–H and O–H groups in total. The Morgan fingerprint density at radius 2 is 1.84 bits per heavy atom. The highest BCUT2D eigenvalue weighted by Gasteiger charge is 2.34. The number of fused-ring (bicyclic) bond motifs is 2. The van der Waals surface area contributed by atoms with Crippen LogP contribution in [0.5, 0.6) is 23.0 Å². The lowest BCUT2D eigenvalue weighted by molar-refractivity contribution is 0.0702. The number of rotatable bonds is 5. The second-order valence-electron chi connectivity index (χ2n) is 8.65. The lowest BCUT2D eigenvalue weighted by Crippen LogP contribution is -2.21. The number of nitrogens with zero attached hydrogens (tertiary/aromatic N) is 1. The number of hydrogen-bond donors (Lipinski definition) is 1. The highest BCUT2D eigenvalue weighted by Crippen LogP contribution is 2.48. The second-order valence-corrected chi connectivity index (χ2v) is 8.65. The maximum absolute atomic E-state index is 13.0. The standard InChI is InChI=1S/C29H24N2O6/c1-15-8-11-22-20(12-15)16(2)26(36-22)29(32)35-17-9-10-18-24(13-17)37-28(31)21(14-30)25(18)19-6-5-7-23(33-3)27(19)34-4/h5-13,25H,31H2,1-4H3. The van der Waals surface area contributed by atoms with Gasteiger partial charge in [-0.15, -0.1) is 0 Å². The van der Waals surface area contributed by atoms with Gasteiger partial charge in [-0.25, -0.2) is 4.79 Å². The first-order valence-electron chi connectivity index (χ1n) is 11.5. The number of ether oxygens (including phenoxy) is 4. The van der Waals surface area contributed by atoms with Crippen molar-refractivity contribution in [1.29, 1.82) is 5.26 Å². The molecular formula is C29H24N2O6. The summed E-state index contributed by atoms with van der Waals surface area (Å²) in [6, 6.07) is 18.2. The number of aryl methyl sites for hydroxylation is 2. The first-order valence-corrected chi connectivity index (χ1v) is 11.5. The highest BCUT2D eigenvalue weighted by molar-refractivity contribution is 5.97. The van der Waals surface area contributed by atoms with E-state index in [-0.39, 0.29) is 23.0 Å². The van der Waals surface area contributed by atoms with Crippen LogP contribution in [0.25, 0.3) is 11.0 Å². The molecule has 186 valence electrons. The number of carbonyl (C=O) groups is 1. The Kier molecular flexibility index (Phi) is 5.98. The summed E-state index contributed by atoms with van der Waals surface area (Å²) in [6.07, 6.45) is 0. The third kappa shape index (κ3) is 4.00. The van der Waals surface area contributed by atoms with Crippen molar-refractivity contribution >= 4 is 16.9 Å². The molecule has 0 fully saturated rings. The first-order chi connectivity index (χ1) is 17.9. The van der Waals surface area contributed by atoms with Crippen LogP contribution in [0, 0.1) is 25.2 Å². The molecule has 0 aliphatic carbocycles. The summed E-state index contributed by atoms with van der Waals surface area (Å²) in [5, 5.41) is 10.8. The van der Waals surface area contributed by atoms with Crippen LogP contribution in [0.3, 0.4) is 0 Å². The number of allylic oxidation sites excluding steroid dienone is 1. The van der Waals surface area contributed by atoms with Crippen molar-refractivity contribution in [2.24, 2.45) is 5.73 Å². The number of carbonyl (C=O) groups excluding carboxylic acids is 1. The number of benzene rings is 3. The quantitative estimate of drug-likeness (QED) is 0.284. The third-order valence-electron chi connectivity index (χ3n) is 6.42. The number of esters is 1. The molecule has 0 bridgehead atoms. The van der Waals surface area contributed by atoms with Crippen LogP contribution in [-0.2, 0) is 0 Å². The number of methoxy groups -OCH3 is 2. The maximum atomic E-state index is 13.0. The highest BCUT2D eigenvalue weighted by atomic mass is 16.5. The van der Waals surface area contributed by atoms with Gasteiger partial charge in [-0.1, -0.05) is 29.8 Å². The van der Waals surface area contributed by atoms with Crippen LogP contribution in [0.4, 0.5) is 0 Å². The van der Waals surface area contributed by atoms with Gasteiger partial charge < -0.3 is 29.1 Å². The molecule has 0 radical (unpaired) electrons. The van der Waals surface area contributed by atoms with Gasteiger partial charge in [-0.2, -0.15) is 5.26 Å². The molecule has 1 atom stereocenters. The molecule has 0 amide bonds. The molecule has 1 aliphatic heterocycles. The molecule has 1 aliphatic rings. The summed E-state index contributed by atoms with van der Waals surface area (Å²) in [4.78, 5) is 13.0. The van der Waals surface area contributed by atoms with Gasteiger partial charge >= 0.3 is 5.97 Å². The zero-order valence-electron chi connectivity index (χ0n) is 20.7. The lowest BCUT2D eigenvalue weighted by Gasteiger charge is -2.28. The SMILES string of the molecule is COc1cccc(C2C(C#N)=C(N)Oc3cc(OC(=O)c4oc5ccc(C)cc5c4C)ccc32)c1OC. The van der Waals surface area contributed by atoms with E-state index in [1.54, 1.807) is 31.4 Å². The van der Waals surface area contributed by atoms with E-state index in [0.717, 1.165) is 10.9 Å². The largest absolute Gasteiger partial charge is 0.493 e. The molecule has 0 saturated carbocycles. The van der Waals surface area contributed by atoms with Gasteiger partial charge in [0.2, 0.25) is 11.6 Å². The molecule has 8 heteroatoms. The van der Waals surface area contributed by atoms with Crippen molar-refractivity contribution in [2.75, 3.05) is 14.2 Å². The minimum Gasteiger partial charge on any atom is -0.493 e. The first kappa shape index (κ1) is 23.8. The van der Waals surface area contributed by atoms with Crippen LogP contribution in [0.1, 0.15) is 38.7 Å². The van der Waals surface area contributed by atoms with Gasteiger partial charge in [-0.3, -0.25) is 0 Å². The zero-order valence-corrected chi connectivity index (χ0v) is 20.7. The average molecular weight is 497 g/mol. The van der Waals surface area contributed by atoms with Crippen LogP contribution in [0.2, 0.25) is 0 Å². The summed E-state index contributed by atoms with van der Waals surface area (Å²) in [7, 11) is 3.07. The molecule has 4 aromatic rings. The minimum atomic E-state index is -0.630. The van der Waals surface area contributed by atoms with Gasteiger partial charge in [0.1, 0.15) is 28.7 Å². The molecule has 37 heavy (non-hydrogen) atoms. The van der Waals surface area contributed by atoms with Crippen molar-refractivity contribution < 1.29 is 28.2 Å². The van der Waals surface area contributed by atoms with E-state index in [1.165, 1.54) is 7.11 Å². The Morgan fingerprint density at radius 3 is 2.57 bits per heavy atom. The van der Waals surface area contributed by atoms with Gasteiger partial charge in [0, 0.05) is 28.1 Å². The Hall–Kier alpha value is -4.90. The van der Waals surface area contributed by atoms with E-state index in [9.17, 15) is 10.1 Å². The van der Waals surface area contributed by atoms with Crippen LogP contribution >= 0.6 is 0 Å². The van der Waals surface area contributed by atoms with Crippen molar-refractivity contribution in [2.45, 2.75) is 19.8 Å². The fourth-order valence-corrected chi connectivity index (χ4v) is 4.64. The van der Waals surface area contributed by atoms with Crippen molar-refractivity contribution in [1.82, 2.24) is 0 Å². The Balaban J connectivity index is 1.53. The lowest BCUT2D eigenvalue weighted by atomic mass is 9.83. The Morgan fingerprint density at radius 1 is 1.03 bits per heavy atom. The van der Waals surface area contributed by atoms with Crippen LogP contribution in [-0.4, -0.2) is 20.2 Å². The fraction of sp³-hybridized carbons (Fsp3) is 0.172. The number of nitrogens with two attached hydrogens (primary N) is 1. The van der Waals surface area contributed by atoms with Gasteiger partial charge in [0.25, 0.3) is 0 Å². The van der Waals surface area contributed by atoms with E-state index in [2.05, 4.69) is 6.07 Å². The Bertz CT molecular complexity index is 1630. The number of para-hydroxylation sites is 1. The van der Waals surface area contributed by atoms with E-state index in [4.69, 9.17) is 29.1 Å². The van der Waals surface area contributed by atoms with Gasteiger partial charge in [-0.05, 0) is 38.1 Å². The fourth-order valence-electron chi connectivity index (χ4n) is 4.64. The maximum Gasteiger partial charge on any atom is 0.379 e.